The molecule has 1 rings (SSSR count). The van der Waals surface area contributed by atoms with Gasteiger partial charge in [-0.25, -0.2) is 0 Å². The summed E-state index contributed by atoms with van der Waals surface area (Å²) in [4.78, 5) is 11.6. The van der Waals surface area contributed by atoms with E-state index in [0.29, 0.717) is 6.54 Å². The van der Waals surface area contributed by atoms with Crippen LogP contribution in [0, 0.1) is 0 Å². The van der Waals surface area contributed by atoms with Crippen molar-refractivity contribution in [3.05, 3.63) is 24.5 Å². The summed E-state index contributed by atoms with van der Waals surface area (Å²) in [5.41, 5.74) is -0.503. The molecule has 0 aromatic carbocycles. The molecule has 1 amide bonds. The molecule has 1 aromatic rings. The third-order valence-electron chi connectivity index (χ3n) is 2.51. The van der Waals surface area contributed by atoms with E-state index >= 15 is 0 Å². The number of amides is 1. The van der Waals surface area contributed by atoms with Crippen molar-refractivity contribution in [1.29, 1.82) is 0 Å². The number of hydrogen-bond acceptors (Lipinski definition) is 2. The van der Waals surface area contributed by atoms with E-state index in [0.717, 1.165) is 6.54 Å². The second kappa shape index (κ2) is 4.98. The third kappa shape index (κ3) is 3.40. The number of nitrogens with zero attached hydrogens (tertiary/aromatic N) is 1. The zero-order chi connectivity index (χ0) is 11.3. The van der Waals surface area contributed by atoms with Gasteiger partial charge in [0.05, 0.1) is 5.54 Å². The first-order valence-electron chi connectivity index (χ1n) is 5.14. The Balaban J connectivity index is 2.29. The Labute approximate surface area is 90.7 Å². The molecular formula is C11H19N3O. The van der Waals surface area contributed by atoms with Crippen LogP contribution in [-0.2, 0) is 11.3 Å². The largest absolute Gasteiger partial charge is 0.353 e. The summed E-state index contributed by atoms with van der Waals surface area (Å²) in [6, 6.07) is 3.94. The minimum atomic E-state index is -0.503. The highest BCUT2D eigenvalue weighted by atomic mass is 16.2. The van der Waals surface area contributed by atoms with Crippen molar-refractivity contribution in [3.8, 4) is 0 Å². The van der Waals surface area contributed by atoms with Gasteiger partial charge in [0.15, 0.2) is 0 Å². The molecule has 1 aromatic heterocycles. The normalized spacial score (nSPS) is 11.4. The highest BCUT2D eigenvalue weighted by Crippen LogP contribution is 1.99. The quantitative estimate of drug-likeness (QED) is 0.746. The second-order valence-corrected chi connectivity index (χ2v) is 4.05. The molecule has 0 radical (unpaired) electrons. The van der Waals surface area contributed by atoms with E-state index in [2.05, 4.69) is 10.6 Å². The topological polar surface area (TPSA) is 46.1 Å². The van der Waals surface area contributed by atoms with Crippen LogP contribution >= 0.6 is 0 Å². The Morgan fingerprint density at radius 1 is 1.33 bits per heavy atom. The lowest BCUT2D eigenvalue weighted by Gasteiger charge is -2.22. The van der Waals surface area contributed by atoms with Gasteiger partial charge in [0.1, 0.15) is 0 Å². The smallest absolute Gasteiger partial charge is 0.239 e. The number of likely N-dealkylation sites (N-methyl/N-ethyl adjacent to an activating group) is 1. The molecule has 0 aliphatic carbocycles. The molecule has 0 saturated heterocycles. The molecule has 0 spiro atoms. The summed E-state index contributed by atoms with van der Waals surface area (Å²) < 4.78 is 2.03. The van der Waals surface area contributed by atoms with Gasteiger partial charge in [0.2, 0.25) is 5.91 Å². The van der Waals surface area contributed by atoms with Crippen LogP contribution in [0.15, 0.2) is 24.5 Å². The molecule has 2 N–H and O–H groups in total. The molecule has 0 bridgehead atoms. The van der Waals surface area contributed by atoms with Crippen molar-refractivity contribution in [2.24, 2.45) is 0 Å². The molecule has 84 valence electrons. The van der Waals surface area contributed by atoms with Gasteiger partial charge < -0.3 is 15.2 Å². The minimum absolute atomic E-state index is 0.0251. The van der Waals surface area contributed by atoms with Crippen molar-refractivity contribution in [2.45, 2.75) is 25.9 Å². The van der Waals surface area contributed by atoms with Gasteiger partial charge >= 0.3 is 0 Å². The van der Waals surface area contributed by atoms with E-state index in [9.17, 15) is 4.79 Å². The lowest BCUT2D eigenvalue weighted by atomic mass is 10.1. The predicted octanol–water partition coefficient (Wildman–Crippen LogP) is 0.602. The number of carbonyl (C=O) groups excluding carboxylic acids is 1. The summed E-state index contributed by atoms with van der Waals surface area (Å²) in [6.45, 7) is 5.17. The minimum Gasteiger partial charge on any atom is -0.353 e. The molecule has 1 heterocycles. The molecule has 0 atom stereocenters. The summed E-state index contributed by atoms with van der Waals surface area (Å²) in [5, 5.41) is 5.86. The molecule has 4 heteroatoms. The highest BCUT2D eigenvalue weighted by Gasteiger charge is 2.24. The average molecular weight is 209 g/mol. The molecule has 4 nitrogen and oxygen atoms in total. The maximum absolute atomic E-state index is 11.6. The van der Waals surface area contributed by atoms with Crippen LogP contribution in [0.25, 0.3) is 0 Å². The Kier molecular flexibility index (Phi) is 3.91. The number of rotatable bonds is 5. The maximum Gasteiger partial charge on any atom is 0.239 e. The molecule has 0 aliphatic heterocycles. The van der Waals surface area contributed by atoms with Crippen molar-refractivity contribution in [2.75, 3.05) is 13.6 Å². The van der Waals surface area contributed by atoms with Crippen LogP contribution in [-0.4, -0.2) is 29.6 Å². The van der Waals surface area contributed by atoms with Crippen molar-refractivity contribution in [3.63, 3.8) is 0 Å². The van der Waals surface area contributed by atoms with Gasteiger partial charge in [-0.3, -0.25) is 4.79 Å². The zero-order valence-corrected chi connectivity index (χ0v) is 9.58. The highest BCUT2D eigenvalue weighted by molar-refractivity contribution is 5.85. The fourth-order valence-corrected chi connectivity index (χ4v) is 1.15. The van der Waals surface area contributed by atoms with Crippen molar-refractivity contribution >= 4 is 5.91 Å². The summed E-state index contributed by atoms with van der Waals surface area (Å²) in [6.07, 6.45) is 3.96. The Morgan fingerprint density at radius 3 is 2.47 bits per heavy atom. The van der Waals surface area contributed by atoms with E-state index in [1.807, 2.05) is 42.9 Å². The zero-order valence-electron chi connectivity index (χ0n) is 9.58. The summed E-state index contributed by atoms with van der Waals surface area (Å²) >= 11 is 0. The number of aromatic nitrogens is 1. The number of nitrogens with one attached hydrogen (secondary N) is 2. The lowest BCUT2D eigenvalue weighted by molar-refractivity contribution is -0.126. The van der Waals surface area contributed by atoms with Crippen LogP contribution in [0.3, 0.4) is 0 Å². The van der Waals surface area contributed by atoms with E-state index in [4.69, 9.17) is 0 Å². The van der Waals surface area contributed by atoms with Crippen LogP contribution in [0.2, 0.25) is 0 Å². The Hall–Kier alpha value is -1.29. The first-order valence-corrected chi connectivity index (χ1v) is 5.14. The number of carbonyl (C=O) groups is 1. The first kappa shape index (κ1) is 11.8. The van der Waals surface area contributed by atoms with Gasteiger partial charge in [0, 0.05) is 25.5 Å². The Morgan fingerprint density at radius 2 is 1.93 bits per heavy atom. The molecule has 0 saturated carbocycles. The van der Waals surface area contributed by atoms with Crippen LogP contribution in [0.1, 0.15) is 13.8 Å². The maximum atomic E-state index is 11.6. The van der Waals surface area contributed by atoms with E-state index in [1.165, 1.54) is 0 Å². The van der Waals surface area contributed by atoms with Gasteiger partial charge in [-0.15, -0.1) is 0 Å². The molecule has 15 heavy (non-hydrogen) atoms. The van der Waals surface area contributed by atoms with Gasteiger partial charge in [0.25, 0.3) is 0 Å². The predicted molar refractivity (Wildman–Crippen MR) is 60.6 cm³/mol. The van der Waals surface area contributed by atoms with Gasteiger partial charge in [-0.05, 0) is 33.0 Å². The van der Waals surface area contributed by atoms with Crippen molar-refractivity contribution in [1.82, 2.24) is 15.2 Å². The van der Waals surface area contributed by atoms with E-state index in [-0.39, 0.29) is 5.91 Å². The number of hydrogen-bond donors (Lipinski definition) is 2. The fraction of sp³-hybridized carbons (Fsp3) is 0.545. The summed E-state index contributed by atoms with van der Waals surface area (Å²) in [7, 11) is 1.78. The molecule has 0 unspecified atom stereocenters. The van der Waals surface area contributed by atoms with E-state index < -0.39 is 5.54 Å². The fourth-order valence-electron chi connectivity index (χ4n) is 1.15. The molecule has 0 fully saturated rings. The monoisotopic (exact) mass is 209 g/mol. The average Bonchev–Trinajstić information content (AvgIpc) is 2.70. The van der Waals surface area contributed by atoms with E-state index in [1.54, 1.807) is 7.05 Å². The van der Waals surface area contributed by atoms with Gasteiger partial charge in [-0.1, -0.05) is 0 Å². The summed E-state index contributed by atoms with van der Waals surface area (Å²) in [5.74, 6) is 0.0251. The molecule has 0 aliphatic rings. The second-order valence-electron chi connectivity index (χ2n) is 4.05. The standard InChI is InChI=1S/C11H19N3O/c1-11(2,12-3)10(15)13-6-9-14-7-4-5-8-14/h4-5,7-8,12H,6,9H2,1-3H3,(H,13,15). The van der Waals surface area contributed by atoms with Crippen molar-refractivity contribution < 1.29 is 4.79 Å². The lowest BCUT2D eigenvalue weighted by Crippen LogP contribution is -2.51. The SMILES string of the molecule is CNC(C)(C)C(=O)NCCn1cccc1. The van der Waals surface area contributed by atoms with Gasteiger partial charge in [-0.2, -0.15) is 0 Å². The first-order chi connectivity index (χ1) is 7.06. The third-order valence-corrected chi connectivity index (χ3v) is 2.51. The van der Waals surface area contributed by atoms with Crippen LogP contribution in [0.5, 0.6) is 0 Å². The van der Waals surface area contributed by atoms with Crippen LogP contribution in [0.4, 0.5) is 0 Å². The Bertz CT molecular complexity index is 304. The molecular weight excluding hydrogens is 190 g/mol. The van der Waals surface area contributed by atoms with Crippen LogP contribution < -0.4 is 10.6 Å².